The Morgan fingerprint density at radius 1 is 1.44 bits per heavy atom. The van der Waals surface area contributed by atoms with Gasteiger partial charge in [-0.2, -0.15) is 8.42 Å². The molecule has 0 aliphatic rings. The van der Waals surface area contributed by atoms with Gasteiger partial charge in [-0.1, -0.05) is 6.07 Å². The van der Waals surface area contributed by atoms with Crippen molar-refractivity contribution in [2.24, 2.45) is 0 Å². The third-order valence-electron chi connectivity index (χ3n) is 1.54. The van der Waals surface area contributed by atoms with E-state index in [4.69, 9.17) is 5.73 Å². The minimum atomic E-state index is -3.99. The van der Waals surface area contributed by atoms with Crippen LogP contribution in [0.5, 0.6) is 0 Å². The second kappa shape index (κ2) is 4.71. The van der Waals surface area contributed by atoms with E-state index < -0.39 is 16.3 Å². The van der Waals surface area contributed by atoms with E-state index in [1.54, 1.807) is 16.9 Å². The van der Waals surface area contributed by atoms with Crippen molar-refractivity contribution in [3.63, 3.8) is 0 Å². The summed E-state index contributed by atoms with van der Waals surface area (Å²) in [6.07, 6.45) is -1.07. The summed E-state index contributed by atoms with van der Waals surface area (Å²) in [4.78, 5) is 10.7. The maximum Gasteiger partial charge on any atom is 0.422 e. The van der Waals surface area contributed by atoms with E-state index in [0.717, 1.165) is 7.11 Å². The van der Waals surface area contributed by atoms with Gasteiger partial charge in [-0.3, -0.25) is 4.72 Å². The van der Waals surface area contributed by atoms with Crippen molar-refractivity contribution < 1.29 is 17.9 Å². The lowest BCUT2D eigenvalue weighted by atomic mass is 10.3. The lowest BCUT2D eigenvalue weighted by Crippen LogP contribution is -2.35. The van der Waals surface area contributed by atoms with E-state index in [2.05, 4.69) is 9.46 Å². The predicted octanol–water partition coefficient (Wildman–Crippen LogP) is 0.281. The molecule has 0 spiro atoms. The Balaban J connectivity index is 2.77. The van der Waals surface area contributed by atoms with Crippen molar-refractivity contribution in [1.29, 1.82) is 0 Å². The molecular weight excluding hydrogens is 234 g/mol. The first-order chi connectivity index (χ1) is 7.43. The summed E-state index contributed by atoms with van der Waals surface area (Å²) in [6, 6.07) is 6.08. The molecule has 0 aliphatic heterocycles. The molecule has 0 aromatic heterocycles. The molecule has 0 unspecified atom stereocenters. The monoisotopic (exact) mass is 245 g/mol. The number of benzene rings is 1. The van der Waals surface area contributed by atoms with Crippen LogP contribution in [0, 0.1) is 0 Å². The van der Waals surface area contributed by atoms with Crippen LogP contribution in [0.2, 0.25) is 0 Å². The Hall–Kier alpha value is -1.96. The van der Waals surface area contributed by atoms with Crippen LogP contribution in [-0.4, -0.2) is 21.6 Å². The highest BCUT2D eigenvalue weighted by Gasteiger charge is 2.14. The molecule has 0 atom stereocenters. The summed E-state index contributed by atoms with van der Waals surface area (Å²) in [5, 5.41) is 0. The molecule has 0 heterocycles. The first-order valence-corrected chi connectivity index (χ1v) is 5.65. The lowest BCUT2D eigenvalue weighted by Gasteiger charge is -2.08. The third-order valence-corrected chi connectivity index (χ3v) is 2.48. The number of methoxy groups -OCH3 is 1. The highest BCUT2D eigenvalue weighted by molar-refractivity contribution is 7.91. The van der Waals surface area contributed by atoms with E-state index in [-0.39, 0.29) is 5.69 Å². The number of anilines is 2. The van der Waals surface area contributed by atoms with Crippen molar-refractivity contribution in [3.05, 3.63) is 24.3 Å². The number of nitrogen functional groups attached to an aromatic ring is 1. The van der Waals surface area contributed by atoms with Crippen molar-refractivity contribution in [3.8, 4) is 0 Å². The fraction of sp³-hybridized carbons (Fsp3) is 0.125. The van der Waals surface area contributed by atoms with Crippen molar-refractivity contribution in [1.82, 2.24) is 4.72 Å². The number of nitrogens with one attached hydrogen (secondary N) is 2. The quantitative estimate of drug-likeness (QED) is 0.662. The summed E-state index contributed by atoms with van der Waals surface area (Å²) in [5.41, 5.74) is 6.11. The molecule has 0 bridgehead atoms. The number of amides is 1. The average molecular weight is 245 g/mol. The molecule has 4 N–H and O–H groups in total. The second-order valence-corrected chi connectivity index (χ2v) is 4.24. The number of rotatable bonds is 3. The van der Waals surface area contributed by atoms with E-state index in [1.165, 1.54) is 12.1 Å². The standard InChI is InChI=1S/C8H11N3O4S/c1-15-8(12)11-16(13,14)10-7-4-2-3-6(9)5-7/h2-5,10H,9H2,1H3,(H,11,12). The number of carbonyl (C=O) groups is 1. The van der Waals surface area contributed by atoms with Crippen molar-refractivity contribution in [2.45, 2.75) is 0 Å². The summed E-state index contributed by atoms with van der Waals surface area (Å²) >= 11 is 0. The van der Waals surface area contributed by atoms with Gasteiger partial charge < -0.3 is 10.5 Å². The van der Waals surface area contributed by atoms with Crippen molar-refractivity contribution >= 4 is 27.7 Å². The summed E-state index contributed by atoms with van der Waals surface area (Å²) < 4.78 is 30.5. The van der Waals surface area contributed by atoms with Gasteiger partial charge in [0.25, 0.3) is 0 Å². The zero-order valence-corrected chi connectivity index (χ0v) is 9.24. The first kappa shape index (κ1) is 12.1. The number of ether oxygens (including phenoxy) is 1. The molecule has 1 aromatic rings. The maximum absolute atomic E-state index is 11.3. The fourth-order valence-corrected chi connectivity index (χ4v) is 1.73. The molecule has 1 rings (SSSR count). The van der Waals surface area contributed by atoms with Gasteiger partial charge in [-0.15, -0.1) is 0 Å². The largest absolute Gasteiger partial charge is 0.452 e. The maximum atomic E-state index is 11.3. The van der Waals surface area contributed by atoms with Crippen LogP contribution in [0.1, 0.15) is 0 Å². The number of hydrogen-bond donors (Lipinski definition) is 3. The zero-order chi connectivity index (χ0) is 12.2. The molecule has 0 radical (unpaired) electrons. The number of carbonyl (C=O) groups excluding carboxylic acids is 1. The minimum Gasteiger partial charge on any atom is -0.452 e. The summed E-state index contributed by atoms with van der Waals surface area (Å²) in [6.45, 7) is 0. The summed E-state index contributed by atoms with van der Waals surface area (Å²) in [5.74, 6) is 0. The lowest BCUT2D eigenvalue weighted by molar-refractivity contribution is 0.177. The Morgan fingerprint density at radius 2 is 2.12 bits per heavy atom. The highest BCUT2D eigenvalue weighted by atomic mass is 32.2. The Labute approximate surface area is 92.8 Å². The van der Waals surface area contributed by atoms with Crippen LogP contribution in [0.4, 0.5) is 16.2 Å². The molecular formula is C8H11N3O4S. The van der Waals surface area contributed by atoms with Gasteiger partial charge in [0.15, 0.2) is 0 Å². The van der Waals surface area contributed by atoms with Gasteiger partial charge in [-0.05, 0) is 18.2 Å². The molecule has 7 nitrogen and oxygen atoms in total. The Bertz CT molecular complexity index is 486. The fourth-order valence-electron chi connectivity index (χ4n) is 0.934. The Morgan fingerprint density at radius 3 is 2.69 bits per heavy atom. The minimum absolute atomic E-state index is 0.247. The normalized spacial score (nSPS) is 10.6. The molecule has 88 valence electrons. The summed E-state index contributed by atoms with van der Waals surface area (Å²) in [7, 11) is -2.93. The van der Waals surface area contributed by atoms with Gasteiger partial charge >= 0.3 is 16.3 Å². The molecule has 1 amide bonds. The van der Waals surface area contributed by atoms with Crippen LogP contribution in [0.15, 0.2) is 24.3 Å². The SMILES string of the molecule is COC(=O)NS(=O)(=O)Nc1cccc(N)c1. The van der Waals surface area contributed by atoms with Crippen LogP contribution >= 0.6 is 0 Å². The molecule has 0 saturated heterocycles. The number of hydrogen-bond acceptors (Lipinski definition) is 5. The smallest absolute Gasteiger partial charge is 0.422 e. The molecule has 1 aromatic carbocycles. The zero-order valence-electron chi connectivity index (χ0n) is 8.43. The molecule has 0 saturated carbocycles. The molecule has 16 heavy (non-hydrogen) atoms. The molecule has 0 fully saturated rings. The van der Waals surface area contributed by atoms with Gasteiger partial charge in [0.05, 0.1) is 12.8 Å². The first-order valence-electron chi connectivity index (χ1n) is 4.17. The molecule has 0 aliphatic carbocycles. The molecule has 8 heteroatoms. The Kier molecular flexibility index (Phi) is 3.56. The van der Waals surface area contributed by atoms with Crippen molar-refractivity contribution in [2.75, 3.05) is 17.6 Å². The predicted molar refractivity (Wildman–Crippen MR) is 58.9 cm³/mol. The van der Waals surface area contributed by atoms with Crippen LogP contribution in [0.25, 0.3) is 0 Å². The third kappa shape index (κ3) is 3.65. The van der Waals surface area contributed by atoms with Gasteiger partial charge in [0.2, 0.25) is 0 Å². The second-order valence-electron chi connectivity index (χ2n) is 2.82. The van der Waals surface area contributed by atoms with Gasteiger partial charge in [-0.25, -0.2) is 9.52 Å². The van der Waals surface area contributed by atoms with Gasteiger partial charge in [0.1, 0.15) is 0 Å². The number of nitrogens with two attached hydrogens (primary N) is 1. The van der Waals surface area contributed by atoms with Crippen LogP contribution in [0.3, 0.4) is 0 Å². The topological polar surface area (TPSA) is 111 Å². The van der Waals surface area contributed by atoms with Crippen LogP contribution in [-0.2, 0) is 14.9 Å². The van der Waals surface area contributed by atoms with Gasteiger partial charge in [0, 0.05) is 5.69 Å². The van der Waals surface area contributed by atoms with Crippen LogP contribution < -0.4 is 15.2 Å². The highest BCUT2D eigenvalue weighted by Crippen LogP contribution is 2.12. The average Bonchev–Trinajstić information content (AvgIpc) is 2.15. The van der Waals surface area contributed by atoms with E-state index in [9.17, 15) is 13.2 Å². The van der Waals surface area contributed by atoms with E-state index in [1.807, 2.05) is 0 Å². The van der Waals surface area contributed by atoms with E-state index in [0.29, 0.717) is 5.69 Å². The van der Waals surface area contributed by atoms with E-state index >= 15 is 0 Å².